The van der Waals surface area contributed by atoms with E-state index in [4.69, 9.17) is 11.6 Å². The van der Waals surface area contributed by atoms with Gasteiger partial charge in [-0.2, -0.15) is 19.3 Å². The van der Waals surface area contributed by atoms with Crippen molar-refractivity contribution >= 4 is 45.3 Å². The Morgan fingerprint density at radius 3 is 2.40 bits per heavy atom. The summed E-state index contributed by atoms with van der Waals surface area (Å²) < 4.78 is 39.6. The fourth-order valence-electron chi connectivity index (χ4n) is 2.56. The molecule has 2 atom stereocenters. The van der Waals surface area contributed by atoms with Crippen molar-refractivity contribution in [1.29, 1.82) is 0 Å². The molecular weight excluding hydrogens is 455 g/mol. The van der Waals surface area contributed by atoms with E-state index in [0.29, 0.717) is 17.9 Å². The van der Waals surface area contributed by atoms with E-state index in [-0.39, 0.29) is 34.9 Å². The first-order valence-electron chi connectivity index (χ1n) is 9.06. The van der Waals surface area contributed by atoms with Crippen molar-refractivity contribution in [1.82, 2.24) is 19.9 Å². The minimum Gasteiger partial charge on any atom is -0.394 e. The maximum Gasteiger partial charge on any atom is 0.242 e. The first kappa shape index (κ1) is 24.5. The Morgan fingerprint density at radius 2 is 1.83 bits per heavy atom. The van der Waals surface area contributed by atoms with Crippen LogP contribution < -0.4 is 10.0 Å². The van der Waals surface area contributed by atoms with E-state index in [9.17, 15) is 17.9 Å². The van der Waals surface area contributed by atoms with Crippen molar-refractivity contribution in [3.05, 3.63) is 28.8 Å². The summed E-state index contributed by atoms with van der Waals surface area (Å²) in [6, 6.07) is 2.67. The average Bonchev–Trinajstić information content (AvgIpc) is 2.58. The van der Waals surface area contributed by atoms with Crippen LogP contribution in [0, 0.1) is 11.9 Å². The molecule has 30 heavy (non-hydrogen) atoms. The zero-order valence-corrected chi connectivity index (χ0v) is 19.3. The Bertz CT molecular complexity index is 980. The normalized spacial score (nSPS) is 13.9. The lowest BCUT2D eigenvalue weighted by atomic mass is 10.0. The topological polar surface area (TPSA) is 130 Å². The third kappa shape index (κ3) is 7.82. The van der Waals surface area contributed by atoms with Crippen LogP contribution in [-0.2, 0) is 10.0 Å². The van der Waals surface area contributed by atoms with Crippen LogP contribution in [-0.4, -0.2) is 52.4 Å². The van der Waals surface area contributed by atoms with Crippen LogP contribution in [0.3, 0.4) is 0 Å². The number of sulfonamides is 1. The number of nitrogens with zero attached hydrogens (tertiary/aromatic N) is 4. The van der Waals surface area contributed by atoms with Gasteiger partial charge >= 0.3 is 0 Å². The molecule has 2 aromatic rings. The zero-order valence-electron chi connectivity index (χ0n) is 16.9. The van der Waals surface area contributed by atoms with Crippen molar-refractivity contribution in [2.75, 3.05) is 22.9 Å². The summed E-state index contributed by atoms with van der Waals surface area (Å²) in [4.78, 5) is 16.1. The fourth-order valence-corrected chi connectivity index (χ4v) is 4.02. The molecule has 1 unspecified atom stereocenters. The number of aromatic nitrogens is 4. The zero-order chi connectivity index (χ0) is 22.5. The van der Waals surface area contributed by atoms with E-state index in [0.717, 1.165) is 18.0 Å². The number of hydrogen-bond acceptors (Lipinski definition) is 9. The van der Waals surface area contributed by atoms with Gasteiger partial charge in [0.15, 0.2) is 5.16 Å². The SMILES string of the molecule is CC(C)C[C@H](CO)Nc1nc(NS(C)(=O)=O)nc(SC(C)c2ccc(Cl)nc2F)n1. The minimum absolute atomic E-state index is 0.0416. The number of nitrogens with one attached hydrogen (secondary N) is 2. The maximum atomic E-state index is 14.1. The number of aliphatic hydroxyl groups excluding tert-OH is 1. The van der Waals surface area contributed by atoms with Crippen molar-refractivity contribution in [3.63, 3.8) is 0 Å². The van der Waals surface area contributed by atoms with E-state index in [1.807, 2.05) is 13.8 Å². The molecule has 0 saturated heterocycles. The Balaban J connectivity index is 2.33. The smallest absolute Gasteiger partial charge is 0.242 e. The average molecular weight is 479 g/mol. The minimum atomic E-state index is -3.63. The van der Waals surface area contributed by atoms with Crippen LogP contribution in [0.2, 0.25) is 5.15 Å². The van der Waals surface area contributed by atoms with Gasteiger partial charge in [0.05, 0.1) is 18.9 Å². The predicted octanol–water partition coefficient (Wildman–Crippen LogP) is 3.10. The van der Waals surface area contributed by atoms with Gasteiger partial charge in [-0.15, -0.1) is 0 Å². The van der Waals surface area contributed by atoms with Crippen LogP contribution in [0.1, 0.15) is 38.0 Å². The molecule has 0 aliphatic rings. The van der Waals surface area contributed by atoms with Crippen molar-refractivity contribution in [2.45, 2.75) is 43.6 Å². The van der Waals surface area contributed by atoms with E-state index in [1.54, 1.807) is 6.92 Å². The summed E-state index contributed by atoms with van der Waals surface area (Å²) in [6.45, 7) is 5.59. The molecule has 0 aliphatic heterocycles. The van der Waals surface area contributed by atoms with Gasteiger partial charge in [-0.25, -0.2) is 13.4 Å². The van der Waals surface area contributed by atoms with Gasteiger partial charge in [-0.1, -0.05) is 43.3 Å². The highest BCUT2D eigenvalue weighted by Crippen LogP contribution is 2.34. The first-order chi connectivity index (χ1) is 14.0. The van der Waals surface area contributed by atoms with Crippen LogP contribution in [0.4, 0.5) is 16.3 Å². The van der Waals surface area contributed by atoms with E-state index in [2.05, 4.69) is 30.0 Å². The molecule has 0 radical (unpaired) electrons. The van der Waals surface area contributed by atoms with Crippen molar-refractivity contribution in [2.24, 2.45) is 5.92 Å². The van der Waals surface area contributed by atoms with E-state index in [1.165, 1.54) is 12.1 Å². The summed E-state index contributed by atoms with van der Waals surface area (Å²) in [6.07, 6.45) is 1.63. The van der Waals surface area contributed by atoms with Crippen molar-refractivity contribution in [3.8, 4) is 0 Å². The lowest BCUT2D eigenvalue weighted by Crippen LogP contribution is -2.27. The highest BCUT2D eigenvalue weighted by Gasteiger charge is 2.19. The summed E-state index contributed by atoms with van der Waals surface area (Å²) in [5.41, 5.74) is 0.296. The van der Waals surface area contributed by atoms with Crippen LogP contribution >= 0.6 is 23.4 Å². The second-order valence-corrected chi connectivity index (χ2v) is 10.5. The molecule has 2 aromatic heterocycles. The number of hydrogen-bond donors (Lipinski definition) is 3. The summed E-state index contributed by atoms with van der Waals surface area (Å²) in [7, 11) is -3.63. The molecule has 2 rings (SSSR count). The molecule has 2 heterocycles. The molecule has 0 amide bonds. The molecule has 0 fully saturated rings. The number of thioether (sulfide) groups is 1. The Hall–Kier alpha value is -1.76. The largest absolute Gasteiger partial charge is 0.394 e. The Morgan fingerprint density at radius 1 is 1.17 bits per heavy atom. The van der Waals surface area contributed by atoms with Gasteiger partial charge in [0, 0.05) is 10.8 Å². The molecule has 166 valence electrons. The van der Waals surface area contributed by atoms with Crippen LogP contribution in [0.25, 0.3) is 0 Å². The van der Waals surface area contributed by atoms with E-state index < -0.39 is 21.2 Å². The fraction of sp³-hybridized carbons (Fsp3) is 0.529. The molecular formula is C17H24ClFN6O3S2. The molecule has 3 N–H and O–H groups in total. The lowest BCUT2D eigenvalue weighted by molar-refractivity contribution is 0.259. The predicted molar refractivity (Wildman–Crippen MR) is 116 cm³/mol. The molecule has 0 aromatic carbocycles. The second kappa shape index (κ2) is 10.5. The Labute approximate surface area is 184 Å². The summed E-state index contributed by atoms with van der Waals surface area (Å²) >= 11 is 6.80. The molecule has 0 saturated carbocycles. The number of rotatable bonds is 10. The van der Waals surface area contributed by atoms with Crippen LogP contribution in [0.5, 0.6) is 0 Å². The van der Waals surface area contributed by atoms with Gasteiger partial charge in [0.25, 0.3) is 0 Å². The number of aliphatic hydroxyl groups is 1. The molecule has 0 spiro atoms. The maximum absolute atomic E-state index is 14.1. The van der Waals surface area contributed by atoms with Gasteiger partial charge in [0.2, 0.25) is 27.9 Å². The van der Waals surface area contributed by atoms with Crippen molar-refractivity contribution < 1.29 is 17.9 Å². The van der Waals surface area contributed by atoms with Crippen LogP contribution in [0.15, 0.2) is 17.3 Å². The third-order valence-electron chi connectivity index (χ3n) is 3.76. The quantitative estimate of drug-likeness (QED) is 0.348. The summed E-state index contributed by atoms with van der Waals surface area (Å²) in [5.74, 6) is -0.484. The highest BCUT2D eigenvalue weighted by molar-refractivity contribution is 7.99. The van der Waals surface area contributed by atoms with Gasteiger partial charge in [-0.3, -0.25) is 4.72 Å². The number of anilines is 2. The van der Waals surface area contributed by atoms with E-state index >= 15 is 0 Å². The first-order valence-corrected chi connectivity index (χ1v) is 12.2. The van der Waals surface area contributed by atoms with Gasteiger partial charge < -0.3 is 10.4 Å². The lowest BCUT2D eigenvalue weighted by Gasteiger charge is -2.19. The summed E-state index contributed by atoms with van der Waals surface area (Å²) in [5, 5.41) is 12.4. The van der Waals surface area contributed by atoms with Gasteiger partial charge in [-0.05, 0) is 25.3 Å². The molecule has 0 aliphatic carbocycles. The highest BCUT2D eigenvalue weighted by atomic mass is 35.5. The second-order valence-electron chi connectivity index (χ2n) is 7.07. The number of pyridine rings is 1. The Kier molecular flexibility index (Phi) is 8.59. The molecule has 9 nitrogen and oxygen atoms in total. The van der Waals surface area contributed by atoms with Gasteiger partial charge in [0.1, 0.15) is 5.15 Å². The third-order valence-corrected chi connectivity index (χ3v) is 5.53. The standard InChI is InChI=1S/C17H24ClFN6O3S2/c1-9(2)7-11(8-26)20-15-22-16(25-30(4,27)28)24-17(23-15)29-10(3)12-5-6-13(18)21-14(12)19/h5-6,9-11,26H,7-8H2,1-4H3,(H2,20,22,23,24,25)/t10?,11-/m1/s1. The monoisotopic (exact) mass is 478 g/mol. The molecule has 0 bridgehead atoms. The number of halogens is 2. The molecule has 13 heteroatoms.